The average Bonchev–Trinajstić information content (AvgIpc) is 2.50. The maximum atomic E-state index is 12.0. The fourth-order valence-corrected chi connectivity index (χ4v) is 2.31. The summed E-state index contributed by atoms with van der Waals surface area (Å²) >= 11 is 0. The number of rotatable bonds is 5. The van der Waals surface area contributed by atoms with E-state index in [-0.39, 0.29) is 23.8 Å². The number of nitrogens with one attached hydrogen (secondary N) is 1. The van der Waals surface area contributed by atoms with E-state index in [4.69, 9.17) is 0 Å². The Balaban J connectivity index is 2.23. The second-order valence-corrected chi connectivity index (χ2v) is 5.41. The number of carbonyl (C=O) groups excluding carboxylic acids is 3. The molecule has 0 aromatic heterocycles. The Kier molecular flexibility index (Phi) is 6.98. The van der Waals surface area contributed by atoms with Crippen molar-refractivity contribution >= 4 is 17.9 Å². The van der Waals surface area contributed by atoms with Crippen LogP contribution in [-0.2, 0) is 14.3 Å². The standard InChI is InChI=1S/C14H25N3O4/c1-16(2)14(20)17-9-6-11(7-10-17)13(19)15-8-4-5-12(18)21-3/h11H,4-10H2,1-3H3,(H,15,19). The normalized spacial score (nSPS) is 15.5. The van der Waals surface area contributed by atoms with Gasteiger partial charge in [0.2, 0.25) is 5.91 Å². The molecule has 1 aliphatic heterocycles. The molecule has 1 fully saturated rings. The first kappa shape index (κ1) is 17.3. The van der Waals surface area contributed by atoms with Gasteiger partial charge in [-0.25, -0.2) is 4.79 Å². The first-order chi connectivity index (χ1) is 9.95. The second-order valence-electron chi connectivity index (χ2n) is 5.41. The third-order valence-corrected chi connectivity index (χ3v) is 3.60. The summed E-state index contributed by atoms with van der Waals surface area (Å²) in [5.41, 5.74) is 0. The number of hydrogen-bond acceptors (Lipinski definition) is 4. The Bertz CT molecular complexity index is 376. The molecule has 3 amide bonds. The smallest absolute Gasteiger partial charge is 0.319 e. The molecule has 0 aliphatic carbocycles. The van der Waals surface area contributed by atoms with E-state index in [1.54, 1.807) is 23.9 Å². The fourth-order valence-electron chi connectivity index (χ4n) is 2.31. The average molecular weight is 299 g/mol. The lowest BCUT2D eigenvalue weighted by Gasteiger charge is -2.33. The first-order valence-electron chi connectivity index (χ1n) is 7.26. The van der Waals surface area contributed by atoms with E-state index in [1.165, 1.54) is 7.11 Å². The summed E-state index contributed by atoms with van der Waals surface area (Å²) in [6, 6.07) is -0.00747. The largest absolute Gasteiger partial charge is 0.469 e. The lowest BCUT2D eigenvalue weighted by molar-refractivity contribution is -0.140. The molecule has 21 heavy (non-hydrogen) atoms. The quantitative estimate of drug-likeness (QED) is 0.590. The van der Waals surface area contributed by atoms with Crippen molar-refractivity contribution in [1.29, 1.82) is 0 Å². The highest BCUT2D eigenvalue weighted by Gasteiger charge is 2.27. The van der Waals surface area contributed by atoms with Crippen LogP contribution in [0.2, 0.25) is 0 Å². The Morgan fingerprint density at radius 2 is 1.86 bits per heavy atom. The van der Waals surface area contributed by atoms with Crippen molar-refractivity contribution in [2.24, 2.45) is 5.92 Å². The van der Waals surface area contributed by atoms with E-state index in [0.717, 1.165) is 0 Å². The molecule has 7 heteroatoms. The van der Waals surface area contributed by atoms with Gasteiger partial charge in [-0.05, 0) is 19.3 Å². The van der Waals surface area contributed by atoms with Gasteiger partial charge in [-0.2, -0.15) is 0 Å². The van der Waals surface area contributed by atoms with Gasteiger partial charge < -0.3 is 19.9 Å². The number of urea groups is 1. The van der Waals surface area contributed by atoms with E-state index in [9.17, 15) is 14.4 Å². The number of nitrogens with zero attached hydrogens (tertiary/aromatic N) is 2. The SMILES string of the molecule is COC(=O)CCCNC(=O)C1CCN(C(=O)N(C)C)CC1. The Morgan fingerprint density at radius 1 is 1.24 bits per heavy atom. The van der Waals surface area contributed by atoms with Gasteiger partial charge >= 0.3 is 12.0 Å². The third-order valence-electron chi connectivity index (χ3n) is 3.60. The van der Waals surface area contributed by atoms with Crippen LogP contribution in [0.25, 0.3) is 0 Å². The number of likely N-dealkylation sites (tertiary alicyclic amines) is 1. The van der Waals surface area contributed by atoms with Crippen LogP contribution in [0.5, 0.6) is 0 Å². The van der Waals surface area contributed by atoms with Gasteiger partial charge in [-0.3, -0.25) is 9.59 Å². The molecule has 0 unspecified atom stereocenters. The molecule has 7 nitrogen and oxygen atoms in total. The summed E-state index contributed by atoms with van der Waals surface area (Å²) in [6.45, 7) is 1.69. The van der Waals surface area contributed by atoms with Gasteiger partial charge in [-0.15, -0.1) is 0 Å². The van der Waals surface area contributed by atoms with Crippen molar-refractivity contribution in [3.8, 4) is 0 Å². The van der Waals surface area contributed by atoms with Crippen LogP contribution in [0.4, 0.5) is 4.79 Å². The van der Waals surface area contributed by atoms with Crippen LogP contribution in [0.1, 0.15) is 25.7 Å². The third kappa shape index (κ3) is 5.61. The van der Waals surface area contributed by atoms with Gasteiger partial charge in [0, 0.05) is 46.1 Å². The molecule has 1 heterocycles. The zero-order valence-corrected chi connectivity index (χ0v) is 13.1. The number of esters is 1. The molecule has 1 rings (SSSR count). The number of methoxy groups -OCH3 is 1. The molecule has 120 valence electrons. The van der Waals surface area contributed by atoms with E-state index in [2.05, 4.69) is 10.1 Å². The van der Waals surface area contributed by atoms with E-state index < -0.39 is 0 Å². The summed E-state index contributed by atoms with van der Waals surface area (Å²) in [5.74, 6) is -0.300. The molecular weight excluding hydrogens is 274 g/mol. The highest BCUT2D eigenvalue weighted by atomic mass is 16.5. The van der Waals surface area contributed by atoms with Crippen LogP contribution < -0.4 is 5.32 Å². The topological polar surface area (TPSA) is 79.0 Å². The van der Waals surface area contributed by atoms with E-state index in [0.29, 0.717) is 45.3 Å². The lowest BCUT2D eigenvalue weighted by Crippen LogP contribution is -2.46. The van der Waals surface area contributed by atoms with E-state index in [1.807, 2.05) is 0 Å². The molecule has 0 saturated carbocycles. The fraction of sp³-hybridized carbons (Fsp3) is 0.786. The summed E-state index contributed by atoms with van der Waals surface area (Å²) in [7, 11) is 4.80. The molecule has 0 aromatic carbocycles. The number of hydrogen-bond donors (Lipinski definition) is 1. The minimum Gasteiger partial charge on any atom is -0.469 e. The molecule has 0 bridgehead atoms. The van der Waals surface area contributed by atoms with Gasteiger partial charge in [0.15, 0.2) is 0 Å². The van der Waals surface area contributed by atoms with Crippen LogP contribution in [-0.4, -0.2) is 68.5 Å². The maximum absolute atomic E-state index is 12.0. The second kappa shape index (κ2) is 8.49. The molecule has 1 saturated heterocycles. The van der Waals surface area contributed by atoms with Crippen LogP contribution >= 0.6 is 0 Å². The summed E-state index contributed by atoms with van der Waals surface area (Å²) in [5, 5.41) is 2.84. The monoisotopic (exact) mass is 299 g/mol. The van der Waals surface area contributed by atoms with E-state index >= 15 is 0 Å². The molecule has 0 aromatic rings. The minimum absolute atomic E-state index is 0.00747. The maximum Gasteiger partial charge on any atom is 0.319 e. The van der Waals surface area contributed by atoms with Gasteiger partial charge in [0.1, 0.15) is 0 Å². The summed E-state index contributed by atoms with van der Waals surface area (Å²) < 4.78 is 4.53. The van der Waals surface area contributed by atoms with Crippen molar-refractivity contribution in [3.63, 3.8) is 0 Å². The number of ether oxygens (including phenoxy) is 1. The highest BCUT2D eigenvalue weighted by Crippen LogP contribution is 2.18. The van der Waals surface area contributed by atoms with Crippen molar-refractivity contribution < 1.29 is 19.1 Å². The van der Waals surface area contributed by atoms with Crippen molar-refractivity contribution in [1.82, 2.24) is 15.1 Å². The molecule has 0 spiro atoms. The zero-order chi connectivity index (χ0) is 15.8. The molecular formula is C14H25N3O4. The van der Waals surface area contributed by atoms with Gasteiger partial charge in [0.05, 0.1) is 7.11 Å². The van der Waals surface area contributed by atoms with Crippen LogP contribution in [0, 0.1) is 5.92 Å². The van der Waals surface area contributed by atoms with Crippen LogP contribution in [0.15, 0.2) is 0 Å². The molecule has 0 radical (unpaired) electrons. The van der Waals surface area contributed by atoms with Crippen molar-refractivity contribution in [3.05, 3.63) is 0 Å². The zero-order valence-electron chi connectivity index (χ0n) is 13.1. The van der Waals surface area contributed by atoms with Gasteiger partial charge in [-0.1, -0.05) is 0 Å². The summed E-state index contributed by atoms with van der Waals surface area (Å²) in [4.78, 5) is 38.0. The summed E-state index contributed by atoms with van der Waals surface area (Å²) in [6.07, 6.45) is 2.26. The number of carbonyl (C=O) groups is 3. The van der Waals surface area contributed by atoms with Gasteiger partial charge in [0.25, 0.3) is 0 Å². The predicted octanol–water partition coefficient (Wildman–Crippen LogP) is 0.449. The first-order valence-corrected chi connectivity index (χ1v) is 7.26. The molecule has 1 N–H and O–H groups in total. The Hall–Kier alpha value is -1.79. The minimum atomic E-state index is -0.264. The highest BCUT2D eigenvalue weighted by molar-refractivity contribution is 5.79. The van der Waals surface area contributed by atoms with Crippen molar-refractivity contribution in [2.45, 2.75) is 25.7 Å². The molecule has 0 atom stereocenters. The molecule has 1 aliphatic rings. The Labute approximate surface area is 125 Å². The van der Waals surface area contributed by atoms with Crippen LogP contribution in [0.3, 0.4) is 0 Å². The number of amides is 3. The predicted molar refractivity (Wildman–Crippen MR) is 77.6 cm³/mol. The van der Waals surface area contributed by atoms with Crippen molar-refractivity contribution in [2.75, 3.05) is 40.8 Å². The number of piperidine rings is 1. The Morgan fingerprint density at radius 3 is 2.38 bits per heavy atom. The lowest BCUT2D eigenvalue weighted by atomic mass is 9.96.